The third-order valence-electron chi connectivity index (χ3n) is 3.63. The number of aromatic nitrogens is 1. The molecule has 100 valence electrons. The molecular weight excluding hydrogens is 260 g/mol. The summed E-state index contributed by atoms with van der Waals surface area (Å²) in [4.78, 5) is 4.33. The fourth-order valence-electron chi connectivity index (χ4n) is 2.56. The van der Waals surface area contributed by atoms with Gasteiger partial charge in [-0.1, -0.05) is 18.5 Å². The minimum atomic E-state index is 0.242. The Morgan fingerprint density at radius 2 is 2.32 bits per heavy atom. The van der Waals surface area contributed by atoms with Crippen LogP contribution in [0, 0.1) is 0 Å². The fraction of sp³-hybridized carbons (Fsp3) is 0.400. The van der Waals surface area contributed by atoms with Gasteiger partial charge in [-0.25, -0.2) is 0 Å². The first kappa shape index (κ1) is 12.7. The van der Waals surface area contributed by atoms with Gasteiger partial charge in [0.1, 0.15) is 11.9 Å². The third-order valence-corrected chi connectivity index (χ3v) is 3.87. The number of hydrogen-bond donors (Lipinski definition) is 1. The second-order valence-electron chi connectivity index (χ2n) is 4.96. The average Bonchev–Trinajstić information content (AvgIpc) is 2.86. The molecule has 19 heavy (non-hydrogen) atoms. The Labute approximate surface area is 117 Å². The summed E-state index contributed by atoms with van der Waals surface area (Å²) in [5, 5.41) is 5.19. The van der Waals surface area contributed by atoms with Gasteiger partial charge in [-0.3, -0.25) is 4.98 Å². The average molecular weight is 277 g/mol. The van der Waals surface area contributed by atoms with Crippen molar-refractivity contribution in [1.29, 1.82) is 0 Å². The minimum absolute atomic E-state index is 0.242. The molecule has 0 spiro atoms. The Balaban J connectivity index is 1.85. The first-order valence-electron chi connectivity index (χ1n) is 6.70. The van der Waals surface area contributed by atoms with Crippen molar-refractivity contribution in [3.05, 3.63) is 35.5 Å². The van der Waals surface area contributed by atoms with Gasteiger partial charge in [-0.2, -0.15) is 0 Å². The Hall–Kier alpha value is -1.32. The van der Waals surface area contributed by atoms with Gasteiger partial charge >= 0.3 is 0 Å². The molecule has 3 rings (SSSR count). The number of hydrogen-bond acceptors (Lipinski definition) is 3. The number of ether oxygens (including phenoxy) is 1. The van der Waals surface area contributed by atoms with Gasteiger partial charge in [0.05, 0.1) is 5.52 Å². The topological polar surface area (TPSA) is 34.1 Å². The summed E-state index contributed by atoms with van der Waals surface area (Å²) in [6.45, 7) is 3.11. The molecule has 2 atom stereocenters. The lowest BCUT2D eigenvalue weighted by Gasteiger charge is -2.14. The Bertz CT molecular complexity index is 587. The zero-order valence-corrected chi connectivity index (χ0v) is 11.7. The minimum Gasteiger partial charge on any atom is -0.488 e. The molecule has 3 nitrogen and oxygen atoms in total. The largest absolute Gasteiger partial charge is 0.488 e. The summed E-state index contributed by atoms with van der Waals surface area (Å²) in [6, 6.07) is 8.22. The van der Waals surface area contributed by atoms with E-state index in [9.17, 15) is 0 Å². The van der Waals surface area contributed by atoms with Gasteiger partial charge in [-0.15, -0.1) is 0 Å². The van der Waals surface area contributed by atoms with E-state index in [1.807, 2.05) is 24.3 Å². The van der Waals surface area contributed by atoms with Crippen molar-refractivity contribution in [2.75, 3.05) is 6.54 Å². The molecule has 1 aromatic carbocycles. The number of pyridine rings is 1. The van der Waals surface area contributed by atoms with Crippen molar-refractivity contribution in [2.24, 2.45) is 0 Å². The molecule has 0 saturated carbocycles. The monoisotopic (exact) mass is 276 g/mol. The molecule has 1 aliphatic rings. The molecule has 0 bridgehead atoms. The van der Waals surface area contributed by atoms with Gasteiger partial charge in [0.25, 0.3) is 0 Å². The van der Waals surface area contributed by atoms with Crippen molar-refractivity contribution in [3.8, 4) is 5.75 Å². The highest BCUT2D eigenvalue weighted by Crippen LogP contribution is 2.28. The smallest absolute Gasteiger partial charge is 0.130 e. The van der Waals surface area contributed by atoms with Gasteiger partial charge in [0.15, 0.2) is 0 Å². The number of halogens is 1. The maximum absolute atomic E-state index is 6.11. The maximum atomic E-state index is 6.11. The maximum Gasteiger partial charge on any atom is 0.130 e. The van der Waals surface area contributed by atoms with E-state index in [-0.39, 0.29) is 6.10 Å². The van der Waals surface area contributed by atoms with Gasteiger partial charge in [-0.05, 0) is 30.7 Å². The van der Waals surface area contributed by atoms with E-state index < -0.39 is 0 Å². The second kappa shape index (κ2) is 5.35. The van der Waals surface area contributed by atoms with Crippen LogP contribution in [-0.2, 0) is 0 Å². The molecule has 1 fully saturated rings. The number of benzene rings is 1. The SMILES string of the molecule is CCC1CC(Oc2ccnc3cc(Cl)ccc23)CN1. The zero-order valence-electron chi connectivity index (χ0n) is 10.9. The molecule has 0 amide bonds. The van der Waals surface area contributed by atoms with Gasteiger partial charge in [0, 0.05) is 35.6 Å². The summed E-state index contributed by atoms with van der Waals surface area (Å²) >= 11 is 5.99. The van der Waals surface area contributed by atoms with E-state index in [0.717, 1.165) is 36.0 Å². The van der Waals surface area contributed by atoms with Crippen LogP contribution in [0.4, 0.5) is 0 Å². The van der Waals surface area contributed by atoms with Crippen LogP contribution in [-0.4, -0.2) is 23.7 Å². The number of nitrogens with one attached hydrogen (secondary N) is 1. The quantitative estimate of drug-likeness (QED) is 0.933. The van der Waals surface area contributed by atoms with Crippen molar-refractivity contribution in [2.45, 2.75) is 31.9 Å². The second-order valence-corrected chi connectivity index (χ2v) is 5.40. The van der Waals surface area contributed by atoms with Gasteiger partial charge in [0.2, 0.25) is 0 Å². The summed E-state index contributed by atoms with van der Waals surface area (Å²) in [7, 11) is 0. The van der Waals surface area contributed by atoms with Crippen LogP contribution in [0.25, 0.3) is 10.9 Å². The van der Waals surface area contributed by atoms with Crippen LogP contribution >= 0.6 is 11.6 Å². The summed E-state index contributed by atoms with van der Waals surface area (Å²) < 4.78 is 6.11. The van der Waals surface area contributed by atoms with Gasteiger partial charge < -0.3 is 10.1 Å². The van der Waals surface area contributed by atoms with E-state index in [1.165, 1.54) is 0 Å². The molecule has 2 aromatic rings. The first-order chi connectivity index (χ1) is 9.26. The molecule has 2 heterocycles. The highest BCUT2D eigenvalue weighted by atomic mass is 35.5. The molecular formula is C15H17ClN2O. The van der Waals surface area contributed by atoms with Crippen LogP contribution in [0.3, 0.4) is 0 Å². The predicted molar refractivity (Wildman–Crippen MR) is 77.9 cm³/mol. The van der Waals surface area contributed by atoms with E-state index in [0.29, 0.717) is 11.1 Å². The van der Waals surface area contributed by atoms with Crippen LogP contribution in [0.5, 0.6) is 5.75 Å². The molecule has 1 saturated heterocycles. The zero-order chi connectivity index (χ0) is 13.2. The Morgan fingerprint density at radius 1 is 1.42 bits per heavy atom. The van der Waals surface area contributed by atoms with Crippen LogP contribution in [0.15, 0.2) is 30.5 Å². The number of fused-ring (bicyclic) bond motifs is 1. The molecule has 2 unspecified atom stereocenters. The van der Waals surface area contributed by atoms with E-state index in [2.05, 4.69) is 17.2 Å². The van der Waals surface area contributed by atoms with E-state index in [1.54, 1.807) is 6.20 Å². The number of nitrogens with zero attached hydrogens (tertiary/aromatic N) is 1. The lowest BCUT2D eigenvalue weighted by Crippen LogP contribution is -2.21. The first-order valence-corrected chi connectivity index (χ1v) is 7.08. The Kier molecular flexibility index (Phi) is 3.58. The van der Waals surface area contributed by atoms with Crippen molar-refractivity contribution < 1.29 is 4.74 Å². The fourth-order valence-corrected chi connectivity index (χ4v) is 2.73. The summed E-state index contributed by atoms with van der Waals surface area (Å²) in [6.07, 6.45) is 4.22. The normalized spacial score (nSPS) is 22.8. The van der Waals surface area contributed by atoms with Crippen molar-refractivity contribution in [3.63, 3.8) is 0 Å². The lowest BCUT2D eigenvalue weighted by atomic mass is 10.1. The van der Waals surface area contributed by atoms with Crippen LogP contribution < -0.4 is 10.1 Å². The molecule has 0 radical (unpaired) electrons. The molecule has 0 aliphatic carbocycles. The van der Waals surface area contributed by atoms with Crippen LogP contribution in [0.2, 0.25) is 5.02 Å². The molecule has 1 N–H and O–H groups in total. The molecule has 1 aromatic heterocycles. The molecule has 1 aliphatic heterocycles. The van der Waals surface area contributed by atoms with E-state index in [4.69, 9.17) is 16.3 Å². The molecule has 4 heteroatoms. The van der Waals surface area contributed by atoms with Crippen LogP contribution in [0.1, 0.15) is 19.8 Å². The van der Waals surface area contributed by atoms with Crippen molar-refractivity contribution in [1.82, 2.24) is 10.3 Å². The lowest BCUT2D eigenvalue weighted by molar-refractivity contribution is 0.222. The third kappa shape index (κ3) is 2.67. The standard InChI is InChI=1S/C15H17ClN2O/c1-2-11-8-12(9-18-11)19-15-5-6-17-14-7-10(16)3-4-13(14)15/h3-7,11-12,18H,2,8-9H2,1H3. The number of rotatable bonds is 3. The highest BCUT2D eigenvalue weighted by Gasteiger charge is 2.24. The Morgan fingerprint density at radius 3 is 3.11 bits per heavy atom. The van der Waals surface area contributed by atoms with Crippen molar-refractivity contribution >= 4 is 22.5 Å². The summed E-state index contributed by atoms with van der Waals surface area (Å²) in [5.41, 5.74) is 0.878. The van der Waals surface area contributed by atoms with E-state index >= 15 is 0 Å². The summed E-state index contributed by atoms with van der Waals surface area (Å²) in [5.74, 6) is 0.894. The predicted octanol–water partition coefficient (Wildman–Crippen LogP) is 3.41. The highest BCUT2D eigenvalue weighted by molar-refractivity contribution is 6.31.